The topological polar surface area (TPSA) is 52.9 Å². The van der Waals surface area contributed by atoms with E-state index in [1.807, 2.05) is 52.0 Å². The van der Waals surface area contributed by atoms with Gasteiger partial charge in [0.15, 0.2) is 0 Å². The van der Waals surface area contributed by atoms with Gasteiger partial charge < -0.3 is 5.32 Å². The number of nitrogens with zero attached hydrogens (tertiary/aromatic N) is 1. The average molecular weight is 244 g/mol. The molecular weight excluding hydrogens is 224 g/mol. The molecule has 0 bridgehead atoms. The van der Waals surface area contributed by atoms with E-state index >= 15 is 0 Å². The van der Waals surface area contributed by atoms with E-state index < -0.39 is 6.04 Å². The molecule has 0 spiro atoms. The molecule has 1 N–H and O–H groups in total. The van der Waals surface area contributed by atoms with E-state index in [-0.39, 0.29) is 11.3 Å². The van der Waals surface area contributed by atoms with Crippen LogP contribution in [0.3, 0.4) is 0 Å². The van der Waals surface area contributed by atoms with Crippen LogP contribution in [0.2, 0.25) is 0 Å². The van der Waals surface area contributed by atoms with E-state index in [0.29, 0.717) is 6.42 Å². The van der Waals surface area contributed by atoms with Gasteiger partial charge in [0, 0.05) is 6.42 Å². The van der Waals surface area contributed by atoms with Gasteiger partial charge >= 0.3 is 0 Å². The van der Waals surface area contributed by atoms with Gasteiger partial charge in [-0.3, -0.25) is 4.79 Å². The van der Waals surface area contributed by atoms with Crippen LogP contribution in [-0.4, -0.2) is 5.91 Å². The molecule has 3 nitrogen and oxygen atoms in total. The summed E-state index contributed by atoms with van der Waals surface area (Å²) < 4.78 is 0. The van der Waals surface area contributed by atoms with Crippen LogP contribution in [0.1, 0.15) is 44.4 Å². The first-order valence-electron chi connectivity index (χ1n) is 6.07. The fourth-order valence-corrected chi connectivity index (χ4v) is 1.64. The summed E-state index contributed by atoms with van der Waals surface area (Å²) in [6.45, 7) is 7.99. The van der Waals surface area contributed by atoms with Gasteiger partial charge in [-0.2, -0.15) is 5.26 Å². The number of amides is 1. The van der Waals surface area contributed by atoms with Crippen molar-refractivity contribution in [1.29, 1.82) is 5.26 Å². The van der Waals surface area contributed by atoms with Crippen LogP contribution in [0, 0.1) is 23.7 Å². The number of hydrogen-bond acceptors (Lipinski definition) is 2. The zero-order valence-corrected chi connectivity index (χ0v) is 11.4. The van der Waals surface area contributed by atoms with E-state index in [0.717, 1.165) is 11.1 Å². The molecule has 1 aromatic rings. The molecule has 18 heavy (non-hydrogen) atoms. The largest absolute Gasteiger partial charge is 0.337 e. The van der Waals surface area contributed by atoms with Crippen LogP contribution >= 0.6 is 0 Å². The van der Waals surface area contributed by atoms with E-state index in [4.69, 9.17) is 5.26 Å². The van der Waals surface area contributed by atoms with Crippen molar-refractivity contribution >= 4 is 5.91 Å². The molecule has 0 saturated heterocycles. The average Bonchev–Trinajstić information content (AvgIpc) is 2.25. The lowest BCUT2D eigenvalue weighted by atomic mass is 9.91. The lowest BCUT2D eigenvalue weighted by Crippen LogP contribution is -2.30. The second-order valence-electron chi connectivity index (χ2n) is 5.78. The summed E-state index contributed by atoms with van der Waals surface area (Å²) in [5.74, 6) is -0.0883. The first-order chi connectivity index (χ1) is 8.31. The Morgan fingerprint density at radius 2 is 1.89 bits per heavy atom. The Morgan fingerprint density at radius 1 is 1.33 bits per heavy atom. The number of benzene rings is 1. The lowest BCUT2D eigenvalue weighted by Gasteiger charge is -2.19. The summed E-state index contributed by atoms with van der Waals surface area (Å²) in [5.41, 5.74) is 1.89. The second kappa shape index (κ2) is 5.68. The summed E-state index contributed by atoms with van der Waals surface area (Å²) in [7, 11) is 0. The Morgan fingerprint density at radius 3 is 2.33 bits per heavy atom. The molecule has 0 aliphatic heterocycles. The SMILES string of the molecule is Cc1ccc(C(C#N)NC(=O)CC(C)(C)C)cc1. The van der Waals surface area contributed by atoms with Crippen molar-refractivity contribution in [2.75, 3.05) is 0 Å². The maximum atomic E-state index is 11.8. The molecule has 3 heteroatoms. The first-order valence-corrected chi connectivity index (χ1v) is 6.07. The Hall–Kier alpha value is -1.82. The van der Waals surface area contributed by atoms with Gasteiger partial charge in [0.05, 0.1) is 6.07 Å². The fraction of sp³-hybridized carbons (Fsp3) is 0.467. The quantitative estimate of drug-likeness (QED) is 0.888. The van der Waals surface area contributed by atoms with Crippen LogP contribution in [-0.2, 0) is 4.79 Å². The molecule has 0 heterocycles. The van der Waals surface area contributed by atoms with Gasteiger partial charge in [-0.1, -0.05) is 50.6 Å². The Labute approximate surface area is 109 Å². The van der Waals surface area contributed by atoms with Gasteiger partial charge in [-0.15, -0.1) is 0 Å². The molecule has 0 fully saturated rings. The highest BCUT2D eigenvalue weighted by Gasteiger charge is 2.19. The van der Waals surface area contributed by atoms with Gasteiger partial charge in [0.2, 0.25) is 5.91 Å². The minimum atomic E-state index is -0.569. The minimum Gasteiger partial charge on any atom is -0.337 e. The number of aryl methyl sites for hydroxylation is 1. The summed E-state index contributed by atoms with van der Waals surface area (Å²) in [6, 6.07) is 9.18. The molecule has 0 aliphatic carbocycles. The number of nitriles is 1. The van der Waals surface area contributed by atoms with Crippen molar-refractivity contribution in [3.63, 3.8) is 0 Å². The molecule has 0 aliphatic rings. The third-order valence-corrected chi connectivity index (χ3v) is 2.54. The lowest BCUT2D eigenvalue weighted by molar-refractivity contribution is -0.123. The molecule has 1 rings (SSSR count). The summed E-state index contributed by atoms with van der Waals surface area (Å²) >= 11 is 0. The highest BCUT2D eigenvalue weighted by molar-refractivity contribution is 5.77. The second-order valence-corrected chi connectivity index (χ2v) is 5.78. The number of rotatable bonds is 3. The van der Waals surface area contributed by atoms with Crippen LogP contribution in [0.5, 0.6) is 0 Å². The maximum absolute atomic E-state index is 11.8. The molecule has 1 atom stereocenters. The van der Waals surface area contributed by atoms with Crippen molar-refractivity contribution in [2.24, 2.45) is 5.41 Å². The highest BCUT2D eigenvalue weighted by atomic mass is 16.1. The van der Waals surface area contributed by atoms with Crippen molar-refractivity contribution in [3.8, 4) is 6.07 Å². The van der Waals surface area contributed by atoms with Gasteiger partial charge in [-0.25, -0.2) is 0 Å². The molecule has 0 radical (unpaired) electrons. The molecule has 96 valence electrons. The number of carbonyl (C=O) groups excluding carboxylic acids is 1. The Balaban J connectivity index is 2.72. The van der Waals surface area contributed by atoms with Crippen LogP contribution in [0.15, 0.2) is 24.3 Å². The van der Waals surface area contributed by atoms with E-state index in [1.165, 1.54) is 0 Å². The number of nitrogens with one attached hydrogen (secondary N) is 1. The molecular formula is C15H20N2O. The zero-order valence-electron chi connectivity index (χ0n) is 11.4. The number of hydrogen-bond donors (Lipinski definition) is 1. The highest BCUT2D eigenvalue weighted by Crippen LogP contribution is 2.19. The van der Waals surface area contributed by atoms with Crippen molar-refractivity contribution < 1.29 is 4.79 Å². The van der Waals surface area contributed by atoms with Crippen molar-refractivity contribution in [1.82, 2.24) is 5.32 Å². The van der Waals surface area contributed by atoms with E-state index in [2.05, 4.69) is 11.4 Å². The standard InChI is InChI=1S/C15H20N2O/c1-11-5-7-12(8-6-11)13(10-16)17-14(18)9-15(2,3)4/h5-8,13H,9H2,1-4H3,(H,17,18). The van der Waals surface area contributed by atoms with Crippen LogP contribution < -0.4 is 5.32 Å². The number of carbonyl (C=O) groups is 1. The van der Waals surface area contributed by atoms with Gasteiger partial charge in [-0.05, 0) is 17.9 Å². The van der Waals surface area contributed by atoms with E-state index in [1.54, 1.807) is 0 Å². The van der Waals surface area contributed by atoms with Crippen molar-refractivity contribution in [2.45, 2.75) is 40.2 Å². The summed E-state index contributed by atoms with van der Waals surface area (Å²) in [4.78, 5) is 11.8. The van der Waals surface area contributed by atoms with Gasteiger partial charge in [0.1, 0.15) is 6.04 Å². The molecule has 1 aromatic carbocycles. The zero-order chi connectivity index (χ0) is 13.8. The van der Waals surface area contributed by atoms with Crippen LogP contribution in [0.4, 0.5) is 0 Å². The predicted molar refractivity (Wildman–Crippen MR) is 71.7 cm³/mol. The Bertz CT molecular complexity index is 449. The maximum Gasteiger partial charge on any atom is 0.221 e. The fourth-order valence-electron chi connectivity index (χ4n) is 1.64. The molecule has 0 saturated carbocycles. The van der Waals surface area contributed by atoms with Gasteiger partial charge in [0.25, 0.3) is 0 Å². The van der Waals surface area contributed by atoms with E-state index in [9.17, 15) is 4.79 Å². The molecule has 0 aromatic heterocycles. The summed E-state index contributed by atoms with van der Waals surface area (Å²) in [5, 5.41) is 11.9. The predicted octanol–water partition coefficient (Wildman–Crippen LogP) is 3.11. The minimum absolute atomic E-state index is 0.0721. The third kappa shape index (κ3) is 4.58. The van der Waals surface area contributed by atoms with Crippen molar-refractivity contribution in [3.05, 3.63) is 35.4 Å². The molecule has 1 unspecified atom stereocenters. The smallest absolute Gasteiger partial charge is 0.221 e. The monoisotopic (exact) mass is 244 g/mol. The third-order valence-electron chi connectivity index (χ3n) is 2.54. The Kier molecular flexibility index (Phi) is 4.49. The first kappa shape index (κ1) is 14.2. The molecule has 1 amide bonds. The van der Waals surface area contributed by atoms with Crippen LogP contribution in [0.25, 0.3) is 0 Å². The normalized spacial score (nSPS) is 12.6. The summed E-state index contributed by atoms with van der Waals surface area (Å²) in [6.07, 6.45) is 0.414.